The van der Waals surface area contributed by atoms with E-state index >= 15 is 0 Å². The van der Waals surface area contributed by atoms with Crippen molar-refractivity contribution in [2.75, 3.05) is 23.4 Å². The fourth-order valence-corrected chi connectivity index (χ4v) is 2.63. The largest absolute Gasteiger partial charge is 0.482 e. The molecule has 24 heavy (non-hydrogen) atoms. The molecule has 1 heterocycles. The molecule has 0 saturated heterocycles. The van der Waals surface area contributed by atoms with Crippen molar-refractivity contribution in [2.45, 2.75) is 6.42 Å². The zero-order chi connectivity index (χ0) is 17.1. The Morgan fingerprint density at radius 1 is 1.29 bits per heavy atom. The number of halogens is 2. The molecule has 0 saturated carbocycles. The first-order valence-electron chi connectivity index (χ1n) is 7.31. The number of amides is 2. The predicted molar refractivity (Wildman–Crippen MR) is 88.9 cm³/mol. The van der Waals surface area contributed by atoms with Gasteiger partial charge in [0.2, 0.25) is 5.91 Å². The van der Waals surface area contributed by atoms with E-state index in [2.05, 4.69) is 5.32 Å². The van der Waals surface area contributed by atoms with E-state index in [0.29, 0.717) is 17.1 Å². The summed E-state index contributed by atoms with van der Waals surface area (Å²) in [6.45, 7) is 0.159. The van der Waals surface area contributed by atoms with Crippen LogP contribution in [0.5, 0.6) is 5.75 Å². The molecule has 0 radical (unpaired) electrons. The van der Waals surface area contributed by atoms with Crippen LogP contribution in [-0.2, 0) is 9.59 Å². The molecule has 2 aromatic rings. The second-order valence-electron chi connectivity index (χ2n) is 5.22. The summed E-state index contributed by atoms with van der Waals surface area (Å²) in [5, 5.41) is 2.73. The summed E-state index contributed by atoms with van der Waals surface area (Å²) < 4.78 is 18.4. The standard InChI is InChI=1S/C17H14ClFN2O3/c18-12-9-11(19)5-6-13(12)20-16(22)7-8-21-14-3-1-2-4-15(14)24-10-17(21)23/h1-6,9H,7-8,10H2,(H,20,22). The van der Waals surface area contributed by atoms with Crippen molar-refractivity contribution < 1.29 is 18.7 Å². The van der Waals surface area contributed by atoms with Gasteiger partial charge in [0.05, 0.1) is 16.4 Å². The average Bonchev–Trinajstić information content (AvgIpc) is 2.56. The van der Waals surface area contributed by atoms with E-state index < -0.39 is 5.82 Å². The fourth-order valence-electron chi connectivity index (χ4n) is 2.42. The Balaban J connectivity index is 1.65. The van der Waals surface area contributed by atoms with Crippen molar-refractivity contribution in [2.24, 2.45) is 0 Å². The number of nitrogens with one attached hydrogen (secondary N) is 1. The Bertz CT molecular complexity index is 797. The maximum atomic E-state index is 13.0. The van der Waals surface area contributed by atoms with Crippen LogP contribution in [0.2, 0.25) is 5.02 Å². The lowest BCUT2D eigenvalue weighted by Crippen LogP contribution is -2.40. The number of carbonyl (C=O) groups is 2. The van der Waals surface area contributed by atoms with Crippen LogP contribution in [0.25, 0.3) is 0 Å². The van der Waals surface area contributed by atoms with Gasteiger partial charge in [0.25, 0.3) is 5.91 Å². The molecule has 5 nitrogen and oxygen atoms in total. The van der Waals surface area contributed by atoms with E-state index in [0.717, 1.165) is 6.07 Å². The molecule has 0 aliphatic carbocycles. The molecule has 3 rings (SSSR count). The lowest BCUT2D eigenvalue weighted by molar-refractivity contribution is -0.121. The Morgan fingerprint density at radius 2 is 2.08 bits per heavy atom. The molecule has 2 aromatic carbocycles. The molecule has 0 spiro atoms. The summed E-state index contributed by atoms with van der Waals surface area (Å²) in [5.74, 6) is -0.394. The van der Waals surface area contributed by atoms with E-state index in [1.54, 1.807) is 18.2 Å². The summed E-state index contributed by atoms with van der Waals surface area (Å²) in [5.41, 5.74) is 0.970. The smallest absolute Gasteiger partial charge is 0.265 e. The van der Waals surface area contributed by atoms with Gasteiger partial charge in [-0.15, -0.1) is 0 Å². The number of para-hydroxylation sites is 2. The van der Waals surface area contributed by atoms with Crippen LogP contribution in [0, 0.1) is 5.82 Å². The summed E-state index contributed by atoms with van der Waals surface area (Å²) in [4.78, 5) is 25.6. The van der Waals surface area contributed by atoms with E-state index in [4.69, 9.17) is 16.3 Å². The summed E-state index contributed by atoms with van der Waals surface area (Å²) in [7, 11) is 0. The van der Waals surface area contributed by atoms with E-state index in [1.807, 2.05) is 6.07 Å². The highest BCUT2D eigenvalue weighted by atomic mass is 35.5. The first kappa shape index (κ1) is 16.3. The van der Waals surface area contributed by atoms with Gasteiger partial charge in [0.1, 0.15) is 11.6 Å². The summed E-state index contributed by atoms with van der Waals surface area (Å²) in [6, 6.07) is 10.9. The number of hydrogen-bond acceptors (Lipinski definition) is 3. The number of rotatable bonds is 4. The minimum atomic E-state index is -0.478. The van der Waals surface area contributed by atoms with Gasteiger partial charge >= 0.3 is 0 Å². The molecule has 0 bridgehead atoms. The summed E-state index contributed by atoms with van der Waals surface area (Å²) in [6.07, 6.45) is 0.0772. The van der Waals surface area contributed by atoms with Crippen LogP contribution in [0.4, 0.5) is 15.8 Å². The Morgan fingerprint density at radius 3 is 2.88 bits per heavy atom. The van der Waals surface area contributed by atoms with Crippen LogP contribution in [0.1, 0.15) is 6.42 Å². The Kier molecular flexibility index (Phi) is 4.66. The Labute approximate surface area is 143 Å². The van der Waals surface area contributed by atoms with Crippen LogP contribution in [-0.4, -0.2) is 25.0 Å². The number of anilines is 2. The molecule has 2 amide bonds. The molecule has 7 heteroatoms. The van der Waals surface area contributed by atoms with Gasteiger partial charge in [-0.3, -0.25) is 9.59 Å². The topological polar surface area (TPSA) is 58.6 Å². The molecular weight excluding hydrogens is 335 g/mol. The van der Waals surface area contributed by atoms with Crippen LogP contribution in [0.3, 0.4) is 0 Å². The van der Waals surface area contributed by atoms with Gasteiger partial charge in [-0.05, 0) is 30.3 Å². The van der Waals surface area contributed by atoms with Gasteiger partial charge in [-0.2, -0.15) is 0 Å². The van der Waals surface area contributed by atoms with Crippen LogP contribution >= 0.6 is 11.6 Å². The van der Waals surface area contributed by atoms with Crippen molar-refractivity contribution in [3.8, 4) is 5.75 Å². The minimum Gasteiger partial charge on any atom is -0.482 e. The van der Waals surface area contributed by atoms with Crippen molar-refractivity contribution in [1.29, 1.82) is 0 Å². The molecule has 0 atom stereocenters. The normalized spacial score (nSPS) is 13.2. The van der Waals surface area contributed by atoms with Crippen molar-refractivity contribution in [1.82, 2.24) is 0 Å². The molecule has 1 aliphatic heterocycles. The Hall–Kier alpha value is -2.60. The highest BCUT2D eigenvalue weighted by Crippen LogP contribution is 2.31. The second kappa shape index (κ2) is 6.88. The van der Waals surface area contributed by atoms with Crippen molar-refractivity contribution in [3.63, 3.8) is 0 Å². The SMILES string of the molecule is O=C(CCN1C(=O)COc2ccccc21)Nc1ccc(F)cc1Cl. The molecule has 1 aliphatic rings. The zero-order valence-electron chi connectivity index (χ0n) is 12.6. The van der Waals surface area contributed by atoms with Gasteiger partial charge in [-0.25, -0.2) is 4.39 Å². The maximum absolute atomic E-state index is 13.0. The third-order valence-corrected chi connectivity index (χ3v) is 3.89. The van der Waals surface area contributed by atoms with Crippen molar-refractivity contribution >= 4 is 34.8 Å². The number of ether oxygens (including phenoxy) is 1. The maximum Gasteiger partial charge on any atom is 0.265 e. The van der Waals surface area contributed by atoms with Crippen molar-refractivity contribution in [3.05, 3.63) is 53.3 Å². The molecular formula is C17H14ClFN2O3. The van der Waals surface area contributed by atoms with Gasteiger partial charge in [-0.1, -0.05) is 23.7 Å². The van der Waals surface area contributed by atoms with Crippen LogP contribution in [0.15, 0.2) is 42.5 Å². The third-order valence-electron chi connectivity index (χ3n) is 3.58. The van der Waals surface area contributed by atoms with Gasteiger partial charge < -0.3 is 15.0 Å². The van der Waals surface area contributed by atoms with Gasteiger partial charge in [0.15, 0.2) is 6.61 Å². The highest BCUT2D eigenvalue weighted by Gasteiger charge is 2.25. The number of fused-ring (bicyclic) bond motifs is 1. The fraction of sp³-hybridized carbons (Fsp3) is 0.176. The lowest BCUT2D eigenvalue weighted by atomic mass is 10.2. The number of nitrogens with zero attached hydrogens (tertiary/aromatic N) is 1. The number of hydrogen-bond donors (Lipinski definition) is 1. The monoisotopic (exact) mass is 348 g/mol. The van der Waals surface area contributed by atoms with Crippen LogP contribution < -0.4 is 15.0 Å². The quantitative estimate of drug-likeness (QED) is 0.922. The predicted octanol–water partition coefficient (Wildman–Crippen LogP) is 3.23. The third kappa shape index (κ3) is 3.49. The first-order valence-corrected chi connectivity index (χ1v) is 7.69. The second-order valence-corrected chi connectivity index (χ2v) is 5.63. The summed E-state index contributed by atoms with van der Waals surface area (Å²) >= 11 is 5.88. The minimum absolute atomic E-state index is 0.0532. The molecule has 1 N–H and O–H groups in total. The molecule has 0 unspecified atom stereocenters. The highest BCUT2D eigenvalue weighted by molar-refractivity contribution is 6.33. The lowest BCUT2D eigenvalue weighted by Gasteiger charge is -2.29. The van der Waals surface area contributed by atoms with E-state index in [9.17, 15) is 14.0 Å². The molecule has 0 aromatic heterocycles. The van der Waals surface area contributed by atoms with E-state index in [-0.39, 0.29) is 36.4 Å². The number of carbonyl (C=O) groups excluding carboxylic acids is 2. The first-order chi connectivity index (χ1) is 11.5. The van der Waals surface area contributed by atoms with Gasteiger partial charge in [0, 0.05) is 13.0 Å². The van der Waals surface area contributed by atoms with E-state index in [1.165, 1.54) is 17.0 Å². The molecule has 124 valence electrons. The zero-order valence-corrected chi connectivity index (χ0v) is 13.3. The molecule has 0 fully saturated rings. The number of benzene rings is 2. The average molecular weight is 349 g/mol.